The first-order chi connectivity index (χ1) is 10.3. The summed E-state index contributed by atoms with van der Waals surface area (Å²) in [5.74, 6) is 0.339. The van der Waals surface area contributed by atoms with Gasteiger partial charge in [-0.25, -0.2) is 4.98 Å². The number of carbonyl (C=O) groups excluding carboxylic acids is 1. The van der Waals surface area contributed by atoms with E-state index in [2.05, 4.69) is 16.0 Å². The van der Waals surface area contributed by atoms with Gasteiger partial charge in [0.05, 0.1) is 22.4 Å². The zero-order valence-corrected chi connectivity index (χ0v) is 11.9. The van der Waals surface area contributed by atoms with Crippen LogP contribution in [0.5, 0.6) is 0 Å². The van der Waals surface area contributed by atoms with Gasteiger partial charge < -0.3 is 4.98 Å². The van der Waals surface area contributed by atoms with E-state index in [0.29, 0.717) is 21.9 Å². The molecule has 3 aromatic rings. The van der Waals surface area contributed by atoms with Crippen molar-refractivity contribution < 1.29 is 4.79 Å². The zero-order chi connectivity index (χ0) is 14.7. The van der Waals surface area contributed by atoms with Crippen LogP contribution in [0.15, 0.2) is 53.8 Å². The highest BCUT2D eigenvalue weighted by atomic mass is 32.2. The van der Waals surface area contributed by atoms with E-state index < -0.39 is 0 Å². The molecule has 3 rings (SSSR count). The SMILES string of the molecule is N#Cc1ccnc(SCC(=O)c2c[nH]c3ccccc23)c1. The molecule has 4 nitrogen and oxygen atoms in total. The second-order valence-electron chi connectivity index (χ2n) is 4.45. The molecule has 0 radical (unpaired) electrons. The van der Waals surface area contributed by atoms with Crippen LogP contribution in [0.1, 0.15) is 15.9 Å². The van der Waals surface area contributed by atoms with E-state index in [1.807, 2.05) is 24.3 Å². The summed E-state index contributed by atoms with van der Waals surface area (Å²) >= 11 is 1.34. The normalized spacial score (nSPS) is 10.4. The number of rotatable bonds is 4. The Morgan fingerprint density at radius 1 is 1.33 bits per heavy atom. The van der Waals surface area contributed by atoms with Crippen molar-refractivity contribution in [3.63, 3.8) is 0 Å². The summed E-state index contributed by atoms with van der Waals surface area (Å²) in [6, 6.07) is 13.1. The largest absolute Gasteiger partial charge is 0.360 e. The Kier molecular flexibility index (Phi) is 3.71. The van der Waals surface area contributed by atoms with Gasteiger partial charge in [-0.05, 0) is 18.2 Å². The van der Waals surface area contributed by atoms with E-state index in [9.17, 15) is 4.79 Å². The first-order valence-electron chi connectivity index (χ1n) is 6.36. The van der Waals surface area contributed by atoms with Crippen molar-refractivity contribution in [3.8, 4) is 6.07 Å². The number of thioether (sulfide) groups is 1. The first kappa shape index (κ1) is 13.4. The molecule has 21 heavy (non-hydrogen) atoms. The summed E-state index contributed by atoms with van der Waals surface area (Å²) in [6.45, 7) is 0. The molecule has 2 heterocycles. The minimum Gasteiger partial charge on any atom is -0.360 e. The standard InChI is InChI=1S/C16H11N3OS/c17-8-11-5-6-18-16(7-11)21-10-15(20)13-9-19-14-4-2-1-3-12(13)14/h1-7,9,19H,10H2. The molecule has 0 spiro atoms. The fourth-order valence-electron chi connectivity index (χ4n) is 2.08. The van der Waals surface area contributed by atoms with Crippen molar-refractivity contribution in [1.29, 1.82) is 5.26 Å². The number of nitriles is 1. The maximum absolute atomic E-state index is 12.3. The molecule has 0 aliphatic heterocycles. The number of carbonyl (C=O) groups is 1. The van der Waals surface area contributed by atoms with Crippen LogP contribution >= 0.6 is 11.8 Å². The van der Waals surface area contributed by atoms with Crippen molar-refractivity contribution in [2.75, 3.05) is 5.75 Å². The smallest absolute Gasteiger partial charge is 0.175 e. The zero-order valence-electron chi connectivity index (χ0n) is 11.0. The average Bonchev–Trinajstić information content (AvgIpc) is 2.97. The Hall–Kier alpha value is -2.58. The van der Waals surface area contributed by atoms with E-state index in [4.69, 9.17) is 5.26 Å². The minimum atomic E-state index is 0.0432. The Morgan fingerprint density at radius 2 is 2.19 bits per heavy atom. The van der Waals surface area contributed by atoms with Gasteiger partial charge in [0.15, 0.2) is 5.78 Å². The number of Topliss-reactive ketones (excluding diaryl/α,β-unsaturated/α-hetero) is 1. The monoisotopic (exact) mass is 293 g/mol. The number of nitrogens with zero attached hydrogens (tertiary/aromatic N) is 2. The maximum atomic E-state index is 12.3. The third kappa shape index (κ3) is 2.81. The van der Waals surface area contributed by atoms with Crippen molar-refractivity contribution in [3.05, 3.63) is 59.9 Å². The predicted molar refractivity (Wildman–Crippen MR) is 82.3 cm³/mol. The van der Waals surface area contributed by atoms with Gasteiger partial charge in [-0.2, -0.15) is 5.26 Å². The summed E-state index contributed by atoms with van der Waals surface area (Å²) in [5.41, 5.74) is 2.19. The van der Waals surface area contributed by atoms with Crippen molar-refractivity contribution in [2.45, 2.75) is 5.03 Å². The Labute approximate surface area is 125 Å². The van der Waals surface area contributed by atoms with Gasteiger partial charge in [0.25, 0.3) is 0 Å². The number of fused-ring (bicyclic) bond motifs is 1. The molecule has 2 aromatic heterocycles. The van der Waals surface area contributed by atoms with Gasteiger partial charge in [-0.1, -0.05) is 30.0 Å². The summed E-state index contributed by atoms with van der Waals surface area (Å²) in [5, 5.41) is 10.5. The topological polar surface area (TPSA) is 69.5 Å². The van der Waals surface area contributed by atoms with E-state index in [0.717, 1.165) is 10.9 Å². The van der Waals surface area contributed by atoms with Crippen LogP contribution in [0, 0.1) is 11.3 Å². The number of aromatic amines is 1. The van der Waals surface area contributed by atoms with Gasteiger partial charge in [0.1, 0.15) is 0 Å². The molecule has 0 atom stereocenters. The van der Waals surface area contributed by atoms with Crippen LogP contribution in [0.2, 0.25) is 0 Å². The van der Waals surface area contributed by atoms with Crippen LogP contribution in [0.4, 0.5) is 0 Å². The number of para-hydroxylation sites is 1. The first-order valence-corrected chi connectivity index (χ1v) is 7.35. The molecular formula is C16H11N3OS. The number of aromatic nitrogens is 2. The molecule has 1 aromatic carbocycles. The number of ketones is 1. The quantitative estimate of drug-likeness (QED) is 0.591. The molecular weight excluding hydrogens is 282 g/mol. The minimum absolute atomic E-state index is 0.0432. The van der Waals surface area contributed by atoms with Gasteiger partial charge in [0, 0.05) is 28.9 Å². The van der Waals surface area contributed by atoms with E-state index in [1.54, 1.807) is 24.5 Å². The summed E-state index contributed by atoms with van der Waals surface area (Å²) in [6.07, 6.45) is 3.32. The number of hydrogen-bond acceptors (Lipinski definition) is 4. The highest BCUT2D eigenvalue weighted by Crippen LogP contribution is 2.22. The lowest BCUT2D eigenvalue weighted by Gasteiger charge is -2.00. The molecule has 0 saturated heterocycles. The summed E-state index contributed by atoms with van der Waals surface area (Å²) < 4.78 is 0. The number of H-pyrrole nitrogens is 1. The van der Waals surface area contributed by atoms with Crippen LogP contribution < -0.4 is 0 Å². The lowest BCUT2D eigenvalue weighted by Crippen LogP contribution is -2.01. The highest BCUT2D eigenvalue weighted by molar-refractivity contribution is 7.99. The Balaban J connectivity index is 1.76. The molecule has 5 heteroatoms. The summed E-state index contributed by atoms with van der Waals surface area (Å²) in [7, 11) is 0. The van der Waals surface area contributed by atoms with Crippen LogP contribution in [-0.2, 0) is 0 Å². The third-order valence-electron chi connectivity index (χ3n) is 3.10. The average molecular weight is 293 g/mol. The second-order valence-corrected chi connectivity index (χ2v) is 5.45. The van der Waals surface area contributed by atoms with Crippen molar-refractivity contribution in [1.82, 2.24) is 9.97 Å². The summed E-state index contributed by atoms with van der Waals surface area (Å²) in [4.78, 5) is 19.6. The van der Waals surface area contributed by atoms with Crippen LogP contribution in [-0.4, -0.2) is 21.5 Å². The van der Waals surface area contributed by atoms with Crippen LogP contribution in [0.25, 0.3) is 10.9 Å². The molecule has 0 aliphatic carbocycles. The fraction of sp³-hybridized carbons (Fsp3) is 0.0625. The van der Waals surface area contributed by atoms with Gasteiger partial charge in [0.2, 0.25) is 0 Å². The van der Waals surface area contributed by atoms with Crippen LogP contribution in [0.3, 0.4) is 0 Å². The number of pyridine rings is 1. The second kappa shape index (κ2) is 5.81. The highest BCUT2D eigenvalue weighted by Gasteiger charge is 2.12. The molecule has 0 unspecified atom stereocenters. The molecule has 0 aliphatic rings. The number of nitrogens with one attached hydrogen (secondary N) is 1. The molecule has 0 fully saturated rings. The number of benzene rings is 1. The van der Waals surface area contributed by atoms with E-state index >= 15 is 0 Å². The predicted octanol–water partition coefficient (Wildman–Crippen LogP) is 3.41. The van der Waals surface area contributed by atoms with Crippen molar-refractivity contribution in [2.24, 2.45) is 0 Å². The molecule has 1 N–H and O–H groups in total. The lowest BCUT2D eigenvalue weighted by molar-refractivity contribution is 0.102. The fourth-order valence-corrected chi connectivity index (χ4v) is 2.86. The van der Waals surface area contributed by atoms with Gasteiger partial charge in [-0.15, -0.1) is 0 Å². The van der Waals surface area contributed by atoms with E-state index in [1.165, 1.54) is 11.8 Å². The van der Waals surface area contributed by atoms with Gasteiger partial charge >= 0.3 is 0 Å². The Bertz CT molecular complexity index is 848. The van der Waals surface area contributed by atoms with Crippen molar-refractivity contribution >= 4 is 28.4 Å². The molecule has 102 valence electrons. The van der Waals surface area contributed by atoms with Gasteiger partial charge in [-0.3, -0.25) is 4.79 Å². The third-order valence-corrected chi connectivity index (χ3v) is 4.03. The molecule has 0 bridgehead atoms. The van der Waals surface area contributed by atoms with E-state index in [-0.39, 0.29) is 5.78 Å². The maximum Gasteiger partial charge on any atom is 0.175 e. The Morgan fingerprint density at radius 3 is 3.05 bits per heavy atom. The molecule has 0 saturated carbocycles. The lowest BCUT2D eigenvalue weighted by atomic mass is 10.1. The number of hydrogen-bond donors (Lipinski definition) is 1. The molecule has 0 amide bonds.